The minimum atomic E-state index is 1.07. The quantitative estimate of drug-likeness (QED) is 0.584. The van der Waals surface area contributed by atoms with E-state index in [0.29, 0.717) is 0 Å². The van der Waals surface area contributed by atoms with Crippen molar-refractivity contribution >= 4 is 15.9 Å². The molecule has 0 radical (unpaired) electrons. The maximum atomic E-state index is 3.49. The SMILES string of the molecule is Brc1ccc(-c2cc3n(c2)CCc2ccccc2-3)cc1. The highest BCUT2D eigenvalue weighted by atomic mass is 79.9. The molecule has 0 aliphatic carbocycles. The molecule has 20 heavy (non-hydrogen) atoms. The van der Waals surface area contributed by atoms with Crippen molar-refractivity contribution in [3.05, 3.63) is 70.8 Å². The van der Waals surface area contributed by atoms with Gasteiger partial charge in [0.05, 0.1) is 0 Å². The van der Waals surface area contributed by atoms with Crippen LogP contribution in [0.5, 0.6) is 0 Å². The molecule has 0 saturated heterocycles. The van der Waals surface area contributed by atoms with E-state index in [0.717, 1.165) is 17.4 Å². The third-order valence-corrected chi connectivity index (χ3v) is 4.52. The van der Waals surface area contributed by atoms with Gasteiger partial charge in [-0.15, -0.1) is 0 Å². The topological polar surface area (TPSA) is 4.93 Å². The highest BCUT2D eigenvalue weighted by molar-refractivity contribution is 9.10. The van der Waals surface area contributed by atoms with Crippen molar-refractivity contribution in [2.45, 2.75) is 13.0 Å². The van der Waals surface area contributed by atoms with Crippen LogP contribution in [0.4, 0.5) is 0 Å². The number of halogens is 1. The molecule has 0 unspecified atom stereocenters. The van der Waals surface area contributed by atoms with E-state index in [9.17, 15) is 0 Å². The van der Waals surface area contributed by atoms with Crippen LogP contribution in [0.2, 0.25) is 0 Å². The number of nitrogens with zero attached hydrogens (tertiary/aromatic N) is 1. The molecule has 1 aliphatic rings. The van der Waals surface area contributed by atoms with Crippen LogP contribution >= 0.6 is 15.9 Å². The monoisotopic (exact) mass is 323 g/mol. The highest BCUT2D eigenvalue weighted by Crippen LogP contribution is 2.34. The first-order chi connectivity index (χ1) is 9.81. The van der Waals surface area contributed by atoms with Crippen molar-refractivity contribution in [1.82, 2.24) is 4.57 Å². The molecule has 0 N–H and O–H groups in total. The Balaban J connectivity index is 1.84. The average molecular weight is 324 g/mol. The molecule has 0 amide bonds. The summed E-state index contributed by atoms with van der Waals surface area (Å²) in [6, 6.07) is 19.6. The zero-order valence-electron chi connectivity index (χ0n) is 11.0. The Hall–Kier alpha value is -1.80. The van der Waals surface area contributed by atoms with Gasteiger partial charge in [-0.1, -0.05) is 52.3 Å². The number of hydrogen-bond acceptors (Lipinski definition) is 0. The molecular formula is C18H14BrN. The van der Waals surface area contributed by atoms with Crippen LogP contribution in [-0.2, 0) is 13.0 Å². The lowest BCUT2D eigenvalue weighted by Crippen LogP contribution is -2.08. The summed E-state index contributed by atoms with van der Waals surface area (Å²) in [5.74, 6) is 0. The highest BCUT2D eigenvalue weighted by Gasteiger charge is 2.16. The minimum absolute atomic E-state index is 1.07. The first-order valence-electron chi connectivity index (χ1n) is 6.86. The molecule has 2 heteroatoms. The van der Waals surface area contributed by atoms with Crippen LogP contribution in [-0.4, -0.2) is 4.57 Å². The molecule has 98 valence electrons. The van der Waals surface area contributed by atoms with Crippen molar-refractivity contribution < 1.29 is 0 Å². The second kappa shape index (κ2) is 4.64. The first-order valence-corrected chi connectivity index (χ1v) is 7.65. The van der Waals surface area contributed by atoms with Crippen molar-refractivity contribution in [1.29, 1.82) is 0 Å². The van der Waals surface area contributed by atoms with Gasteiger partial charge in [-0.25, -0.2) is 0 Å². The fourth-order valence-electron chi connectivity index (χ4n) is 2.95. The van der Waals surface area contributed by atoms with Gasteiger partial charge in [0.2, 0.25) is 0 Å². The van der Waals surface area contributed by atoms with Gasteiger partial charge in [0.1, 0.15) is 0 Å². The zero-order valence-corrected chi connectivity index (χ0v) is 12.6. The maximum absolute atomic E-state index is 3.49. The van der Waals surface area contributed by atoms with Gasteiger partial charge in [-0.3, -0.25) is 0 Å². The Labute approximate surface area is 127 Å². The summed E-state index contributed by atoms with van der Waals surface area (Å²) in [5.41, 5.74) is 6.74. The van der Waals surface area contributed by atoms with E-state index in [1.165, 1.54) is 27.9 Å². The molecule has 0 spiro atoms. The summed E-state index contributed by atoms with van der Waals surface area (Å²) >= 11 is 3.49. The molecular weight excluding hydrogens is 310 g/mol. The second-order valence-corrected chi connectivity index (χ2v) is 6.14. The predicted octanol–water partition coefficient (Wildman–Crippen LogP) is 5.14. The van der Waals surface area contributed by atoms with E-state index in [4.69, 9.17) is 0 Å². The third-order valence-electron chi connectivity index (χ3n) is 3.99. The largest absolute Gasteiger partial charge is 0.347 e. The lowest BCUT2D eigenvalue weighted by atomic mass is 9.98. The van der Waals surface area contributed by atoms with Gasteiger partial charge in [0.15, 0.2) is 0 Å². The van der Waals surface area contributed by atoms with Crippen molar-refractivity contribution in [2.75, 3.05) is 0 Å². The molecule has 0 fully saturated rings. The lowest BCUT2D eigenvalue weighted by Gasteiger charge is -2.18. The standard InChI is InChI=1S/C18H14BrN/c19-16-7-5-13(6-8-16)15-11-18-17-4-2-1-3-14(17)9-10-20(18)12-15/h1-8,11-12H,9-10H2. The van der Waals surface area contributed by atoms with Crippen molar-refractivity contribution in [2.24, 2.45) is 0 Å². The molecule has 4 rings (SSSR count). The number of hydrogen-bond donors (Lipinski definition) is 0. The molecule has 3 aromatic rings. The molecule has 1 aromatic heterocycles. The zero-order chi connectivity index (χ0) is 13.5. The molecule has 2 aromatic carbocycles. The summed E-state index contributed by atoms with van der Waals surface area (Å²) in [7, 11) is 0. The van der Waals surface area contributed by atoms with Gasteiger partial charge in [0, 0.05) is 28.5 Å². The molecule has 1 aliphatic heterocycles. The summed E-state index contributed by atoms with van der Waals surface area (Å²) in [6.45, 7) is 1.07. The number of fused-ring (bicyclic) bond motifs is 3. The maximum Gasteiger partial charge on any atom is 0.0489 e. The molecule has 2 heterocycles. The van der Waals surface area contributed by atoms with Crippen LogP contribution in [0.1, 0.15) is 5.56 Å². The summed E-state index contributed by atoms with van der Waals surface area (Å²) < 4.78 is 3.50. The Morgan fingerprint density at radius 2 is 1.70 bits per heavy atom. The Kier molecular flexibility index (Phi) is 2.78. The van der Waals surface area contributed by atoms with E-state index >= 15 is 0 Å². The Bertz CT molecular complexity index is 768. The molecule has 0 atom stereocenters. The van der Waals surface area contributed by atoms with Crippen molar-refractivity contribution in [3.63, 3.8) is 0 Å². The van der Waals surface area contributed by atoms with Crippen LogP contribution in [0.3, 0.4) is 0 Å². The van der Waals surface area contributed by atoms with E-state index in [1.807, 2.05) is 0 Å². The summed E-state index contributed by atoms with van der Waals surface area (Å²) in [5, 5.41) is 0. The van der Waals surface area contributed by atoms with Crippen LogP contribution in [0.15, 0.2) is 65.3 Å². The summed E-state index contributed by atoms with van der Waals surface area (Å²) in [4.78, 5) is 0. The molecule has 1 nitrogen and oxygen atoms in total. The predicted molar refractivity (Wildman–Crippen MR) is 86.7 cm³/mol. The van der Waals surface area contributed by atoms with Gasteiger partial charge >= 0.3 is 0 Å². The average Bonchev–Trinajstić information content (AvgIpc) is 2.92. The Morgan fingerprint density at radius 3 is 2.55 bits per heavy atom. The van der Waals surface area contributed by atoms with Crippen molar-refractivity contribution in [3.8, 4) is 22.4 Å². The first kappa shape index (κ1) is 12.0. The van der Waals surface area contributed by atoms with Crippen LogP contribution in [0, 0.1) is 0 Å². The Morgan fingerprint density at radius 1 is 0.900 bits per heavy atom. The minimum Gasteiger partial charge on any atom is -0.347 e. The number of aromatic nitrogens is 1. The van der Waals surface area contributed by atoms with E-state index < -0.39 is 0 Å². The van der Waals surface area contributed by atoms with Gasteiger partial charge in [-0.05, 0) is 41.3 Å². The van der Waals surface area contributed by atoms with Gasteiger partial charge in [-0.2, -0.15) is 0 Å². The van der Waals surface area contributed by atoms with Crippen LogP contribution in [0.25, 0.3) is 22.4 Å². The fourth-order valence-corrected chi connectivity index (χ4v) is 3.22. The third kappa shape index (κ3) is 1.92. The normalized spacial score (nSPS) is 12.8. The van der Waals surface area contributed by atoms with E-state index in [1.54, 1.807) is 0 Å². The number of rotatable bonds is 1. The molecule has 0 bridgehead atoms. The van der Waals surface area contributed by atoms with Gasteiger partial charge in [0.25, 0.3) is 0 Å². The van der Waals surface area contributed by atoms with Gasteiger partial charge < -0.3 is 4.57 Å². The smallest absolute Gasteiger partial charge is 0.0489 e. The fraction of sp³-hybridized carbons (Fsp3) is 0.111. The number of benzene rings is 2. The van der Waals surface area contributed by atoms with Crippen LogP contribution < -0.4 is 0 Å². The lowest BCUT2D eigenvalue weighted by molar-refractivity contribution is 0.689. The summed E-state index contributed by atoms with van der Waals surface area (Å²) in [6.07, 6.45) is 3.39. The second-order valence-electron chi connectivity index (χ2n) is 5.22. The van der Waals surface area contributed by atoms with E-state index in [-0.39, 0.29) is 0 Å². The molecule has 0 saturated carbocycles. The number of aryl methyl sites for hydroxylation is 2. The van der Waals surface area contributed by atoms with E-state index in [2.05, 4.69) is 81.3 Å².